The number of aromatic nitrogens is 3. The van der Waals surface area contributed by atoms with Crippen molar-refractivity contribution in [3.63, 3.8) is 0 Å². The largest absolute Gasteiger partial charge is 0 e. The molecule has 3 heterocycles. The number of fused-ring (bicyclic) bond motifs is 4. The van der Waals surface area contributed by atoms with Crippen LogP contribution in [0.4, 0.5) is 0 Å². The van der Waals surface area contributed by atoms with Gasteiger partial charge in [-0.25, -0.2) is 0 Å². The van der Waals surface area contributed by atoms with E-state index in [0.29, 0.717) is 11.3 Å². The fourth-order valence-electron chi connectivity index (χ4n) is 9.06. The minimum absolute atomic E-state index is 0. The number of hydrogen-bond acceptors (Lipinski definition) is 3. The third-order valence-corrected chi connectivity index (χ3v) is 16.6. The van der Waals surface area contributed by atoms with Gasteiger partial charge in [0.05, 0.1) is 22.4 Å². The van der Waals surface area contributed by atoms with Gasteiger partial charge in [0, 0.05) is 31.2 Å². The van der Waals surface area contributed by atoms with E-state index in [-0.39, 0.29) is 31.9 Å². The Labute approximate surface area is 431 Å². The Bertz CT molecular complexity index is 3530. The second-order valence-electron chi connectivity index (χ2n) is 20.5. The Hall–Kier alpha value is -5.85. The molecule has 0 aliphatic rings. The first kappa shape index (κ1) is 44.4. The number of pyridine rings is 1. The second-order valence-corrected chi connectivity index (χ2v) is 31.1. The molecule has 0 aliphatic heterocycles. The molecule has 4 nitrogen and oxygen atoms in total. The Kier molecular flexibility index (Phi) is 13.0. The maximum atomic E-state index is 8.80. The minimum Gasteiger partial charge on any atom is 0 e. The summed E-state index contributed by atoms with van der Waals surface area (Å²) in [4.78, 5) is 9.90. The number of hydrogen-bond donors (Lipinski definition) is 0. The monoisotopic (exact) mass is 1150 g/mol. The van der Waals surface area contributed by atoms with Gasteiger partial charge < -0.3 is 8.98 Å². The average molecular weight is 1150 g/mol. The Balaban J connectivity index is 0.000000226. The average Bonchev–Trinajstić information content (AvgIpc) is 3.94. The predicted molar refractivity (Wildman–Crippen MR) is 291 cm³/mol. The molecular weight excluding hydrogens is 1080 g/mol. The van der Waals surface area contributed by atoms with E-state index in [9.17, 15) is 0 Å². The van der Waals surface area contributed by atoms with Crippen LogP contribution >= 0.6 is 0 Å². The number of rotatable bonds is 9. The molecule has 0 N–H and O–H groups in total. The molecule has 0 unspecified atom stereocenters. The van der Waals surface area contributed by atoms with Crippen molar-refractivity contribution in [2.45, 2.75) is 90.8 Å². The topological polar surface area (TPSA) is 43.9 Å². The van der Waals surface area contributed by atoms with Crippen LogP contribution in [0, 0.1) is 24.4 Å². The maximum absolute atomic E-state index is 8.80. The van der Waals surface area contributed by atoms with Crippen molar-refractivity contribution in [2.75, 3.05) is 0 Å². The van der Waals surface area contributed by atoms with Crippen LogP contribution in [-0.2, 0) is 26.5 Å². The smallest absolute Gasteiger partial charge is 0 e. The molecule has 7 aromatic carbocycles. The van der Waals surface area contributed by atoms with Crippen LogP contribution in [0.25, 0.3) is 83.6 Å². The minimum atomic E-state index is -2.32. The molecule has 351 valence electrons. The zero-order chi connectivity index (χ0) is 51.3. The van der Waals surface area contributed by atoms with Gasteiger partial charge in [-0.05, 0) is 75.5 Å². The fourth-order valence-corrected chi connectivity index (χ4v) is 12.0. The molecule has 0 saturated heterocycles. The molecule has 0 spiro atoms. The van der Waals surface area contributed by atoms with Crippen molar-refractivity contribution < 1.29 is 30.0 Å². The summed E-state index contributed by atoms with van der Waals surface area (Å²) in [5.74, 6) is 8.17. The number of aryl methyl sites for hydroxylation is 1. The molecule has 10 aromatic rings. The first-order chi connectivity index (χ1) is 34.2. The zero-order valence-corrected chi connectivity index (χ0v) is 45.8. The van der Waals surface area contributed by atoms with Crippen molar-refractivity contribution in [1.82, 2.24) is 14.5 Å². The van der Waals surface area contributed by atoms with E-state index in [1.807, 2.05) is 51.2 Å². The van der Waals surface area contributed by atoms with Crippen molar-refractivity contribution in [1.29, 1.82) is 0 Å². The molecule has 0 aliphatic carbocycles. The van der Waals surface area contributed by atoms with E-state index in [0.717, 1.165) is 65.4 Å². The Morgan fingerprint density at radius 1 is 0.710 bits per heavy atom. The molecule has 0 atom stereocenters. The molecule has 0 bridgehead atoms. The number of para-hydroxylation sites is 2. The second kappa shape index (κ2) is 20.2. The van der Waals surface area contributed by atoms with Crippen LogP contribution in [-0.4, -0.2) is 27.8 Å². The predicted octanol–water partition coefficient (Wildman–Crippen LogP) is 17.0. The molecule has 6 heteroatoms. The summed E-state index contributed by atoms with van der Waals surface area (Å²) in [6.45, 7) is 13.9. The van der Waals surface area contributed by atoms with Crippen molar-refractivity contribution >= 4 is 50.6 Å². The van der Waals surface area contributed by atoms with Crippen molar-refractivity contribution in [3.8, 4) is 50.6 Å². The summed E-state index contributed by atoms with van der Waals surface area (Å²) in [5.41, 5.74) is 15.3. The molecule has 10 rings (SSSR count). The molecule has 1 radical (unpaired) electrons. The Morgan fingerprint density at radius 2 is 1.36 bits per heavy atom. The van der Waals surface area contributed by atoms with Gasteiger partial charge in [0.2, 0.25) is 0 Å². The fraction of sp³-hybridized carbons (Fsp3) is 0.238. The standard InChI is InChI=1S/C43H35N2O.C20H28GeN.Ir/c1-27(2)36-24-32(30-16-9-6-10-17-30)25-37(28(3)4)41(36)45-39-21-12-11-20-38(39)44-43(45)35-19-13-18-34-33-23-22-31(26-40(33)46-42(34)35)29-14-7-5-8-15-29;1-15-8-10-16(11-9-15)19-12-17(13-20(2,3)4)18(14-22-19)21(5,6)7;/h5-18,20-28H,1-4H3;8-10,12,14H,13H2,1-7H3;/q2*-1;/i;1D2,13D2;. The van der Waals surface area contributed by atoms with E-state index >= 15 is 0 Å². The van der Waals surface area contributed by atoms with E-state index in [1.54, 1.807) is 12.1 Å². The van der Waals surface area contributed by atoms with Gasteiger partial charge in [-0.2, -0.15) is 0 Å². The van der Waals surface area contributed by atoms with Crippen LogP contribution in [0.3, 0.4) is 0 Å². The quantitative estimate of drug-likeness (QED) is 0.107. The van der Waals surface area contributed by atoms with Gasteiger partial charge in [-0.1, -0.05) is 124 Å². The first-order valence-corrected chi connectivity index (χ1v) is 31.1. The van der Waals surface area contributed by atoms with Crippen LogP contribution in [0.5, 0.6) is 0 Å². The van der Waals surface area contributed by atoms with Gasteiger partial charge in [-0.3, -0.25) is 4.98 Å². The van der Waals surface area contributed by atoms with E-state index in [1.165, 1.54) is 33.5 Å². The number of benzene rings is 7. The summed E-state index contributed by atoms with van der Waals surface area (Å²) < 4.78 is 42.7. The number of imidazole rings is 1. The van der Waals surface area contributed by atoms with Gasteiger partial charge in [0.1, 0.15) is 5.58 Å². The molecule has 69 heavy (non-hydrogen) atoms. The Morgan fingerprint density at radius 3 is 1.97 bits per heavy atom. The third-order valence-electron chi connectivity index (χ3n) is 12.4. The summed E-state index contributed by atoms with van der Waals surface area (Å²) in [7, 11) is 0. The maximum Gasteiger partial charge on any atom is 0 e. The van der Waals surface area contributed by atoms with Gasteiger partial charge in [0.25, 0.3) is 0 Å². The first-order valence-electron chi connectivity index (χ1n) is 25.9. The molecule has 0 fully saturated rings. The zero-order valence-electron chi connectivity index (χ0n) is 45.3. The van der Waals surface area contributed by atoms with Crippen molar-refractivity contribution in [2.24, 2.45) is 5.41 Å². The number of nitrogens with zero attached hydrogens (tertiary/aromatic N) is 3. The third kappa shape index (κ3) is 10.5. The van der Waals surface area contributed by atoms with Crippen LogP contribution in [0.15, 0.2) is 162 Å². The normalized spacial score (nSPS) is 13.0. The van der Waals surface area contributed by atoms with Gasteiger partial charge in [0.15, 0.2) is 0 Å². The van der Waals surface area contributed by atoms with E-state index < -0.39 is 31.9 Å². The van der Waals surface area contributed by atoms with Crippen LogP contribution in [0.2, 0.25) is 17.3 Å². The van der Waals surface area contributed by atoms with Gasteiger partial charge in [-0.15, -0.1) is 18.2 Å². The van der Waals surface area contributed by atoms with Crippen molar-refractivity contribution in [3.05, 3.63) is 192 Å². The molecule has 3 aromatic heterocycles. The summed E-state index contributed by atoms with van der Waals surface area (Å²) in [6.07, 6.45) is 0.375. The van der Waals surface area contributed by atoms with Crippen LogP contribution in [0.1, 0.15) is 88.0 Å². The summed E-state index contributed by atoms with van der Waals surface area (Å²) in [5, 5.41) is 2.15. The molecular formula is C63H63GeIrN3O-2. The van der Waals surface area contributed by atoms with E-state index in [4.69, 9.17) is 14.9 Å². The van der Waals surface area contributed by atoms with E-state index in [2.05, 4.69) is 182 Å². The van der Waals surface area contributed by atoms with Crippen LogP contribution < -0.4 is 4.40 Å². The summed E-state index contributed by atoms with van der Waals surface area (Å²) in [6, 6.07) is 58.7. The molecule has 0 saturated carbocycles. The van der Waals surface area contributed by atoms with Gasteiger partial charge >= 0.3 is 144 Å². The number of furan rings is 1. The SMILES string of the molecule is CC(C)c1cc(-c2ccccc2)cc(C(C)C)c1-n1c(-c2[c-]ccc3c2oc2cc(-c4ccccc4)ccc23)nc2ccccc21.[2H]C([2H])c1c[c-]c(-c2cc(C([2H])([2H])C(C)(C)C)[c]([Ge]([CH3])([CH3])[CH3])cn2)cc1.[Ir]. The molecule has 0 amide bonds. The summed E-state index contributed by atoms with van der Waals surface area (Å²) >= 11 is -2.32.